The highest BCUT2D eigenvalue weighted by Gasteiger charge is 2.06. The van der Waals surface area contributed by atoms with Crippen molar-refractivity contribution in [3.63, 3.8) is 0 Å². The third-order valence-corrected chi connectivity index (χ3v) is 3.73. The number of hydrogen-bond acceptors (Lipinski definition) is 5. The van der Waals surface area contributed by atoms with Gasteiger partial charge in [0.15, 0.2) is 6.61 Å². The molecule has 1 N–H and O–H groups in total. The number of carbonyl (C=O) groups is 1. The standard InChI is InChI=1S/C21H18N2O4/c1-15-12-21(25)27-19-13-17(9-10-18(15)19)26-14-20(24)23-22-11-5-8-16-6-3-2-4-7-16/h2-13H,14H2,1H3,(H,23,24)/b8-5+,22-11-. The topological polar surface area (TPSA) is 80.9 Å². The lowest BCUT2D eigenvalue weighted by atomic mass is 10.1. The van der Waals surface area contributed by atoms with Gasteiger partial charge >= 0.3 is 5.63 Å². The van der Waals surface area contributed by atoms with Gasteiger partial charge in [-0.3, -0.25) is 4.79 Å². The highest BCUT2D eigenvalue weighted by molar-refractivity contribution is 5.83. The second kappa shape index (κ2) is 8.62. The number of aryl methyl sites for hydroxylation is 1. The summed E-state index contributed by atoms with van der Waals surface area (Å²) in [5.74, 6) is 0.0319. The zero-order chi connectivity index (χ0) is 19.1. The van der Waals surface area contributed by atoms with Crippen molar-refractivity contribution >= 4 is 29.2 Å². The van der Waals surface area contributed by atoms with Crippen molar-refractivity contribution in [2.75, 3.05) is 6.61 Å². The van der Waals surface area contributed by atoms with Crippen LogP contribution in [0.3, 0.4) is 0 Å². The first-order chi connectivity index (χ1) is 13.1. The van der Waals surface area contributed by atoms with Crippen molar-refractivity contribution in [2.24, 2.45) is 5.10 Å². The molecular formula is C21H18N2O4. The lowest BCUT2D eigenvalue weighted by Gasteiger charge is -2.06. The van der Waals surface area contributed by atoms with Crippen molar-refractivity contribution in [3.05, 3.63) is 82.2 Å². The van der Waals surface area contributed by atoms with E-state index in [0.29, 0.717) is 11.3 Å². The number of ether oxygens (including phenoxy) is 1. The highest BCUT2D eigenvalue weighted by atomic mass is 16.5. The maximum absolute atomic E-state index is 11.8. The molecule has 27 heavy (non-hydrogen) atoms. The number of allylic oxidation sites excluding steroid dienone is 1. The smallest absolute Gasteiger partial charge is 0.336 e. The van der Waals surface area contributed by atoms with E-state index >= 15 is 0 Å². The Kier molecular flexibility index (Phi) is 5.79. The van der Waals surface area contributed by atoms with Gasteiger partial charge in [0.1, 0.15) is 11.3 Å². The molecule has 0 spiro atoms. The van der Waals surface area contributed by atoms with Gasteiger partial charge in [0.25, 0.3) is 5.91 Å². The zero-order valence-corrected chi connectivity index (χ0v) is 14.7. The van der Waals surface area contributed by atoms with Crippen LogP contribution < -0.4 is 15.8 Å². The molecule has 6 heteroatoms. The van der Waals surface area contributed by atoms with Gasteiger partial charge in [-0.25, -0.2) is 10.2 Å². The first-order valence-corrected chi connectivity index (χ1v) is 8.33. The first kappa shape index (κ1) is 18.1. The molecular weight excluding hydrogens is 344 g/mol. The predicted molar refractivity (Wildman–Crippen MR) is 105 cm³/mol. The van der Waals surface area contributed by atoms with E-state index in [1.54, 1.807) is 24.3 Å². The SMILES string of the molecule is Cc1cc(=O)oc2cc(OCC(=O)N/N=C\C=C\c3ccccc3)ccc12. The summed E-state index contributed by atoms with van der Waals surface area (Å²) in [5, 5.41) is 4.64. The summed E-state index contributed by atoms with van der Waals surface area (Å²) in [5.41, 5.74) is 4.23. The number of carbonyl (C=O) groups excluding carboxylic acids is 1. The Morgan fingerprint density at radius 2 is 2.00 bits per heavy atom. The van der Waals surface area contributed by atoms with Crippen LogP contribution in [0.2, 0.25) is 0 Å². The van der Waals surface area contributed by atoms with E-state index in [4.69, 9.17) is 9.15 Å². The third-order valence-electron chi connectivity index (χ3n) is 3.73. The van der Waals surface area contributed by atoms with Crippen molar-refractivity contribution in [1.29, 1.82) is 0 Å². The molecule has 1 aromatic heterocycles. The number of nitrogens with zero attached hydrogens (tertiary/aromatic N) is 1. The van der Waals surface area contributed by atoms with Crippen LogP contribution >= 0.6 is 0 Å². The molecule has 1 heterocycles. The number of rotatable bonds is 6. The summed E-state index contributed by atoms with van der Waals surface area (Å²) in [6.07, 6.45) is 5.08. The van der Waals surface area contributed by atoms with E-state index in [2.05, 4.69) is 10.5 Å². The monoisotopic (exact) mass is 362 g/mol. The van der Waals surface area contributed by atoms with Crippen molar-refractivity contribution in [2.45, 2.75) is 6.92 Å². The molecule has 0 aliphatic rings. The maximum atomic E-state index is 11.8. The molecule has 3 aromatic rings. The molecule has 0 atom stereocenters. The molecule has 0 unspecified atom stereocenters. The second-order valence-electron chi connectivity index (χ2n) is 5.78. The number of fused-ring (bicyclic) bond motifs is 1. The summed E-state index contributed by atoms with van der Waals surface area (Å²) in [6.45, 7) is 1.62. The van der Waals surface area contributed by atoms with Gasteiger partial charge in [-0.05, 0) is 36.3 Å². The molecule has 0 bridgehead atoms. The summed E-state index contributed by atoms with van der Waals surface area (Å²) in [6, 6.07) is 16.3. The number of benzene rings is 2. The number of hydrogen-bond donors (Lipinski definition) is 1. The molecule has 0 aliphatic heterocycles. The Morgan fingerprint density at radius 3 is 2.81 bits per heavy atom. The highest BCUT2D eigenvalue weighted by Crippen LogP contribution is 2.22. The zero-order valence-electron chi connectivity index (χ0n) is 14.7. The lowest BCUT2D eigenvalue weighted by Crippen LogP contribution is -2.24. The van der Waals surface area contributed by atoms with E-state index < -0.39 is 11.5 Å². The molecule has 136 valence electrons. The fourth-order valence-electron chi connectivity index (χ4n) is 2.45. The average molecular weight is 362 g/mol. The summed E-state index contributed by atoms with van der Waals surface area (Å²) in [7, 11) is 0. The van der Waals surface area contributed by atoms with Gasteiger partial charge in [0.05, 0.1) is 0 Å². The lowest BCUT2D eigenvalue weighted by molar-refractivity contribution is -0.123. The predicted octanol–water partition coefficient (Wildman–Crippen LogP) is 3.30. The third kappa shape index (κ3) is 5.15. The van der Waals surface area contributed by atoms with E-state index in [0.717, 1.165) is 16.5 Å². The molecule has 6 nitrogen and oxygen atoms in total. The minimum atomic E-state index is -0.423. The minimum absolute atomic E-state index is 0.207. The van der Waals surface area contributed by atoms with Gasteiger partial charge < -0.3 is 9.15 Å². The Hall–Kier alpha value is -3.67. The Labute approximate surface area is 155 Å². The van der Waals surface area contributed by atoms with Crippen molar-refractivity contribution in [3.8, 4) is 5.75 Å². The van der Waals surface area contributed by atoms with Crippen molar-refractivity contribution < 1.29 is 13.9 Å². The van der Waals surface area contributed by atoms with Crippen LogP contribution in [0.4, 0.5) is 0 Å². The van der Waals surface area contributed by atoms with Crippen molar-refractivity contribution in [1.82, 2.24) is 5.43 Å². The van der Waals surface area contributed by atoms with E-state index in [9.17, 15) is 9.59 Å². The van der Waals surface area contributed by atoms with Crippen LogP contribution in [0.25, 0.3) is 17.0 Å². The van der Waals surface area contributed by atoms with Gasteiger partial charge in [-0.1, -0.05) is 36.4 Å². The van der Waals surface area contributed by atoms with E-state index in [1.165, 1.54) is 12.3 Å². The molecule has 0 saturated carbocycles. The quantitative estimate of drug-likeness (QED) is 0.414. The van der Waals surface area contributed by atoms with Crippen LogP contribution in [-0.2, 0) is 4.79 Å². The van der Waals surface area contributed by atoms with Crippen LogP contribution in [0.15, 0.2) is 75.0 Å². The largest absolute Gasteiger partial charge is 0.484 e. The summed E-state index contributed by atoms with van der Waals surface area (Å²) in [4.78, 5) is 23.2. The number of hydrazone groups is 1. The first-order valence-electron chi connectivity index (χ1n) is 8.33. The van der Waals surface area contributed by atoms with Gasteiger partial charge in [-0.2, -0.15) is 5.10 Å². The Morgan fingerprint density at radius 1 is 1.19 bits per heavy atom. The molecule has 0 radical (unpaired) electrons. The average Bonchev–Trinajstić information content (AvgIpc) is 2.66. The molecule has 3 rings (SSSR count). The molecule has 0 saturated heterocycles. The maximum Gasteiger partial charge on any atom is 0.336 e. The van der Waals surface area contributed by atoms with Crippen LogP contribution in [-0.4, -0.2) is 18.7 Å². The van der Waals surface area contributed by atoms with Gasteiger partial charge in [-0.15, -0.1) is 0 Å². The van der Waals surface area contributed by atoms with Gasteiger partial charge in [0, 0.05) is 23.7 Å². The Bertz CT molecular complexity index is 1050. The second-order valence-corrected chi connectivity index (χ2v) is 5.78. The number of nitrogens with one attached hydrogen (secondary N) is 1. The summed E-state index contributed by atoms with van der Waals surface area (Å²) >= 11 is 0. The molecule has 1 amide bonds. The van der Waals surface area contributed by atoms with Crippen LogP contribution in [0.1, 0.15) is 11.1 Å². The Balaban J connectivity index is 1.51. The normalized spacial score (nSPS) is 11.3. The minimum Gasteiger partial charge on any atom is -0.484 e. The van der Waals surface area contributed by atoms with Gasteiger partial charge in [0.2, 0.25) is 0 Å². The van der Waals surface area contributed by atoms with Crippen LogP contribution in [0, 0.1) is 6.92 Å². The fraction of sp³-hybridized carbons (Fsp3) is 0.0952. The molecule has 0 aliphatic carbocycles. The van der Waals surface area contributed by atoms with E-state index in [1.807, 2.05) is 43.3 Å². The molecule has 0 fully saturated rings. The fourth-order valence-corrected chi connectivity index (χ4v) is 2.45. The number of amides is 1. The summed E-state index contributed by atoms with van der Waals surface area (Å²) < 4.78 is 10.6. The van der Waals surface area contributed by atoms with Crippen LogP contribution in [0.5, 0.6) is 5.75 Å². The molecule has 2 aromatic carbocycles. The van der Waals surface area contributed by atoms with E-state index in [-0.39, 0.29) is 6.61 Å².